The van der Waals surface area contributed by atoms with Crippen molar-refractivity contribution in [3.05, 3.63) is 34.3 Å². The molecule has 0 heterocycles. The Morgan fingerprint density at radius 1 is 1.44 bits per heavy atom. The zero-order valence-corrected chi connectivity index (χ0v) is 11.1. The second-order valence-electron chi connectivity index (χ2n) is 3.88. The number of benzene rings is 1. The Morgan fingerprint density at radius 2 is 2.00 bits per heavy atom. The Kier molecular flexibility index (Phi) is 5.12. The van der Waals surface area contributed by atoms with E-state index in [1.165, 1.54) is 0 Å². The number of likely N-dealkylation sites (N-methyl/N-ethyl adjacent to an activating group) is 1. The summed E-state index contributed by atoms with van der Waals surface area (Å²) in [6.45, 7) is 2.27. The molecule has 0 aliphatic carbocycles. The van der Waals surface area contributed by atoms with Crippen LogP contribution >= 0.6 is 15.9 Å². The van der Waals surface area contributed by atoms with Gasteiger partial charge in [-0.15, -0.1) is 0 Å². The van der Waals surface area contributed by atoms with Gasteiger partial charge >= 0.3 is 0 Å². The van der Waals surface area contributed by atoms with Crippen molar-refractivity contribution in [1.82, 2.24) is 4.90 Å². The second-order valence-corrected chi connectivity index (χ2v) is 4.79. The summed E-state index contributed by atoms with van der Waals surface area (Å²) in [5.41, 5.74) is 0.695. The molecule has 1 aromatic carbocycles. The summed E-state index contributed by atoms with van der Waals surface area (Å²) >= 11 is 3.33. The third-order valence-electron chi connectivity index (χ3n) is 2.58. The van der Waals surface area contributed by atoms with Gasteiger partial charge in [0.05, 0.1) is 13.2 Å². The fourth-order valence-corrected chi connectivity index (χ4v) is 1.51. The molecule has 0 aromatic heterocycles. The van der Waals surface area contributed by atoms with Crippen LogP contribution < -0.4 is 0 Å². The standard InChI is InChI=1S/C12H16BrNO2/c1-9(8-15)14(2)7-12(16)10-3-5-11(13)6-4-10/h3-6,9,15H,7-8H2,1-2H3. The van der Waals surface area contributed by atoms with E-state index in [9.17, 15) is 4.79 Å². The molecule has 0 aliphatic heterocycles. The summed E-state index contributed by atoms with van der Waals surface area (Å²) < 4.78 is 0.959. The van der Waals surface area contributed by atoms with E-state index >= 15 is 0 Å². The van der Waals surface area contributed by atoms with Crippen LogP contribution in [0.4, 0.5) is 0 Å². The molecule has 0 amide bonds. The number of nitrogens with zero attached hydrogens (tertiary/aromatic N) is 1. The monoisotopic (exact) mass is 285 g/mol. The van der Waals surface area contributed by atoms with E-state index in [-0.39, 0.29) is 18.4 Å². The van der Waals surface area contributed by atoms with Gasteiger partial charge in [0.1, 0.15) is 0 Å². The third-order valence-corrected chi connectivity index (χ3v) is 3.10. The zero-order valence-electron chi connectivity index (χ0n) is 9.48. The molecule has 1 aromatic rings. The Balaban J connectivity index is 2.62. The maximum absolute atomic E-state index is 11.8. The molecular weight excluding hydrogens is 270 g/mol. The van der Waals surface area contributed by atoms with Gasteiger partial charge < -0.3 is 5.11 Å². The topological polar surface area (TPSA) is 40.5 Å². The molecule has 0 radical (unpaired) electrons. The third kappa shape index (κ3) is 3.70. The molecule has 1 atom stereocenters. The number of hydrogen-bond donors (Lipinski definition) is 1. The number of ketones is 1. The van der Waals surface area contributed by atoms with Crippen LogP contribution in [0.5, 0.6) is 0 Å². The van der Waals surface area contributed by atoms with Crippen molar-refractivity contribution in [2.75, 3.05) is 20.2 Å². The minimum absolute atomic E-state index is 0.000557. The van der Waals surface area contributed by atoms with Crippen molar-refractivity contribution in [2.24, 2.45) is 0 Å². The molecule has 0 fully saturated rings. The predicted molar refractivity (Wildman–Crippen MR) is 67.7 cm³/mol. The highest BCUT2D eigenvalue weighted by Crippen LogP contribution is 2.11. The molecule has 0 saturated carbocycles. The molecule has 16 heavy (non-hydrogen) atoms. The summed E-state index contributed by atoms with van der Waals surface area (Å²) in [7, 11) is 1.83. The van der Waals surface area contributed by atoms with Gasteiger partial charge in [0, 0.05) is 16.1 Å². The van der Waals surface area contributed by atoms with E-state index in [2.05, 4.69) is 15.9 Å². The SMILES string of the molecule is CC(CO)N(C)CC(=O)c1ccc(Br)cc1. The van der Waals surface area contributed by atoms with E-state index in [0.717, 1.165) is 4.47 Å². The lowest BCUT2D eigenvalue weighted by atomic mass is 10.1. The molecular formula is C12H16BrNO2. The number of halogens is 1. The molecule has 4 heteroatoms. The fourth-order valence-electron chi connectivity index (χ4n) is 1.25. The lowest BCUT2D eigenvalue weighted by molar-refractivity contribution is 0.0890. The molecule has 1 N–H and O–H groups in total. The smallest absolute Gasteiger partial charge is 0.176 e. The van der Waals surface area contributed by atoms with Crippen LogP contribution in [0.25, 0.3) is 0 Å². The van der Waals surface area contributed by atoms with Crippen molar-refractivity contribution in [3.63, 3.8) is 0 Å². The van der Waals surface area contributed by atoms with Crippen molar-refractivity contribution in [3.8, 4) is 0 Å². The summed E-state index contributed by atoms with van der Waals surface area (Å²) in [5, 5.41) is 8.97. The number of aliphatic hydroxyl groups excluding tert-OH is 1. The Bertz CT molecular complexity index is 351. The zero-order chi connectivity index (χ0) is 12.1. The van der Waals surface area contributed by atoms with Gasteiger partial charge in [-0.05, 0) is 26.1 Å². The van der Waals surface area contributed by atoms with Crippen LogP contribution in [-0.4, -0.2) is 42.0 Å². The summed E-state index contributed by atoms with van der Waals surface area (Å²) in [5.74, 6) is 0.0651. The Labute approximate surface area is 104 Å². The highest BCUT2D eigenvalue weighted by molar-refractivity contribution is 9.10. The van der Waals surface area contributed by atoms with Gasteiger partial charge in [-0.25, -0.2) is 0 Å². The molecule has 3 nitrogen and oxygen atoms in total. The summed E-state index contributed by atoms with van der Waals surface area (Å²) in [4.78, 5) is 13.7. The normalized spacial score (nSPS) is 12.8. The first-order chi connectivity index (χ1) is 7.54. The van der Waals surface area contributed by atoms with Crippen LogP contribution in [0.15, 0.2) is 28.7 Å². The first-order valence-electron chi connectivity index (χ1n) is 5.14. The average molecular weight is 286 g/mol. The summed E-state index contributed by atoms with van der Waals surface area (Å²) in [6, 6.07) is 7.29. The van der Waals surface area contributed by atoms with Crippen LogP contribution in [0.2, 0.25) is 0 Å². The summed E-state index contributed by atoms with van der Waals surface area (Å²) in [6.07, 6.45) is 0. The van der Waals surface area contributed by atoms with Gasteiger partial charge in [-0.1, -0.05) is 28.1 Å². The molecule has 1 rings (SSSR count). The predicted octanol–water partition coefficient (Wildman–Crippen LogP) is 1.94. The van der Waals surface area contributed by atoms with Crippen molar-refractivity contribution in [1.29, 1.82) is 0 Å². The van der Waals surface area contributed by atoms with Gasteiger partial charge in [-0.3, -0.25) is 9.69 Å². The largest absolute Gasteiger partial charge is 0.395 e. The van der Waals surface area contributed by atoms with Gasteiger partial charge in [-0.2, -0.15) is 0 Å². The molecule has 0 bridgehead atoms. The van der Waals surface area contributed by atoms with Crippen LogP contribution in [0, 0.1) is 0 Å². The van der Waals surface area contributed by atoms with Gasteiger partial charge in [0.25, 0.3) is 0 Å². The van der Waals surface area contributed by atoms with E-state index in [1.54, 1.807) is 12.1 Å². The second kappa shape index (κ2) is 6.13. The van der Waals surface area contributed by atoms with Gasteiger partial charge in [0.15, 0.2) is 5.78 Å². The maximum Gasteiger partial charge on any atom is 0.176 e. The number of Topliss-reactive ketones (excluding diaryl/α,β-unsaturated/α-hetero) is 1. The molecule has 0 aliphatic rings. The number of carbonyl (C=O) groups excluding carboxylic acids is 1. The van der Waals surface area contributed by atoms with E-state index in [1.807, 2.05) is 31.0 Å². The minimum Gasteiger partial charge on any atom is -0.395 e. The number of aliphatic hydroxyl groups is 1. The Hall–Kier alpha value is -0.710. The van der Waals surface area contributed by atoms with Crippen LogP contribution in [0.3, 0.4) is 0 Å². The highest BCUT2D eigenvalue weighted by Gasteiger charge is 2.13. The maximum atomic E-state index is 11.8. The number of hydrogen-bond acceptors (Lipinski definition) is 3. The lowest BCUT2D eigenvalue weighted by Crippen LogP contribution is -2.36. The molecule has 0 spiro atoms. The molecule has 1 unspecified atom stereocenters. The molecule has 88 valence electrons. The van der Waals surface area contributed by atoms with Crippen molar-refractivity contribution in [2.45, 2.75) is 13.0 Å². The van der Waals surface area contributed by atoms with E-state index < -0.39 is 0 Å². The Morgan fingerprint density at radius 3 is 2.50 bits per heavy atom. The minimum atomic E-state index is -0.000557. The lowest BCUT2D eigenvalue weighted by Gasteiger charge is -2.21. The highest BCUT2D eigenvalue weighted by atomic mass is 79.9. The first kappa shape index (κ1) is 13.4. The average Bonchev–Trinajstić information content (AvgIpc) is 2.28. The van der Waals surface area contributed by atoms with E-state index in [0.29, 0.717) is 12.1 Å². The van der Waals surface area contributed by atoms with Crippen LogP contribution in [-0.2, 0) is 0 Å². The van der Waals surface area contributed by atoms with Gasteiger partial charge in [0.2, 0.25) is 0 Å². The molecule has 0 saturated heterocycles. The quantitative estimate of drug-likeness (QED) is 0.841. The first-order valence-corrected chi connectivity index (χ1v) is 5.93. The fraction of sp³-hybridized carbons (Fsp3) is 0.417. The van der Waals surface area contributed by atoms with Crippen molar-refractivity contribution < 1.29 is 9.90 Å². The van der Waals surface area contributed by atoms with Crippen LogP contribution in [0.1, 0.15) is 17.3 Å². The number of carbonyl (C=O) groups is 1. The van der Waals surface area contributed by atoms with E-state index in [4.69, 9.17) is 5.11 Å². The number of rotatable bonds is 5. The van der Waals surface area contributed by atoms with Crippen molar-refractivity contribution >= 4 is 21.7 Å².